The van der Waals surface area contributed by atoms with Crippen LogP contribution in [0.2, 0.25) is 25.7 Å². The van der Waals surface area contributed by atoms with E-state index in [1.54, 1.807) is 0 Å². The van der Waals surface area contributed by atoms with Crippen LogP contribution < -0.4 is 0 Å². The SMILES string of the molecule is COC(=O)CCC[Si](C)(C)C. The summed E-state index contributed by atoms with van der Waals surface area (Å²) in [7, 11) is 0.497. The molecular weight excluding hydrogens is 156 g/mol. The number of hydrogen-bond donors (Lipinski definition) is 0. The van der Waals surface area contributed by atoms with Crippen molar-refractivity contribution in [1.82, 2.24) is 0 Å². The smallest absolute Gasteiger partial charge is 0.305 e. The van der Waals surface area contributed by atoms with E-state index in [0.29, 0.717) is 6.42 Å². The van der Waals surface area contributed by atoms with Gasteiger partial charge < -0.3 is 4.74 Å². The first-order valence-corrected chi connectivity index (χ1v) is 7.73. The lowest BCUT2D eigenvalue weighted by molar-refractivity contribution is -0.140. The molecule has 0 saturated heterocycles. The van der Waals surface area contributed by atoms with Crippen molar-refractivity contribution in [2.75, 3.05) is 7.11 Å². The second kappa shape index (κ2) is 4.54. The van der Waals surface area contributed by atoms with Gasteiger partial charge in [-0.05, 0) is 6.42 Å². The molecule has 0 saturated carbocycles. The summed E-state index contributed by atoms with van der Waals surface area (Å²) in [6, 6.07) is 1.21. The van der Waals surface area contributed by atoms with Gasteiger partial charge in [-0.3, -0.25) is 4.79 Å². The van der Waals surface area contributed by atoms with E-state index < -0.39 is 8.07 Å². The molecule has 0 aliphatic carbocycles. The van der Waals surface area contributed by atoms with E-state index >= 15 is 0 Å². The normalized spacial score (nSPS) is 11.3. The third kappa shape index (κ3) is 7.59. The Morgan fingerprint density at radius 3 is 2.27 bits per heavy atom. The van der Waals surface area contributed by atoms with Crippen LogP contribution in [0.5, 0.6) is 0 Å². The number of ether oxygens (including phenoxy) is 1. The molecule has 0 atom stereocenters. The van der Waals surface area contributed by atoms with E-state index in [-0.39, 0.29) is 5.97 Å². The minimum absolute atomic E-state index is 0.0803. The zero-order valence-corrected chi connectivity index (χ0v) is 8.94. The van der Waals surface area contributed by atoms with E-state index in [1.165, 1.54) is 13.2 Å². The molecule has 0 aromatic rings. The summed E-state index contributed by atoms with van der Waals surface area (Å²) in [6.45, 7) is 6.93. The number of carbonyl (C=O) groups excluding carboxylic acids is 1. The lowest BCUT2D eigenvalue weighted by Gasteiger charge is -2.14. The zero-order valence-electron chi connectivity index (χ0n) is 7.94. The average molecular weight is 174 g/mol. The highest BCUT2D eigenvalue weighted by Crippen LogP contribution is 2.12. The molecule has 0 N–H and O–H groups in total. The Balaban J connectivity index is 3.35. The number of carbonyl (C=O) groups is 1. The molecule has 11 heavy (non-hydrogen) atoms. The average Bonchev–Trinajstić information content (AvgIpc) is 1.85. The second-order valence-corrected chi connectivity index (χ2v) is 9.61. The van der Waals surface area contributed by atoms with E-state index in [9.17, 15) is 4.79 Å². The molecule has 0 spiro atoms. The van der Waals surface area contributed by atoms with Crippen LogP contribution in [-0.2, 0) is 9.53 Å². The van der Waals surface area contributed by atoms with E-state index in [0.717, 1.165) is 6.42 Å². The van der Waals surface area contributed by atoms with Gasteiger partial charge in [0.15, 0.2) is 0 Å². The Labute approximate surface area is 69.9 Å². The van der Waals surface area contributed by atoms with Gasteiger partial charge in [0.05, 0.1) is 7.11 Å². The fourth-order valence-corrected chi connectivity index (χ4v) is 2.10. The standard InChI is InChI=1S/C8H18O2Si/c1-10-8(9)6-5-7-11(2,3)4/h5-7H2,1-4H3. The first kappa shape index (κ1) is 10.7. The Hall–Kier alpha value is -0.313. The molecule has 0 bridgehead atoms. The van der Waals surface area contributed by atoms with Gasteiger partial charge in [-0.25, -0.2) is 0 Å². The van der Waals surface area contributed by atoms with Crippen molar-refractivity contribution < 1.29 is 9.53 Å². The minimum atomic E-state index is -0.945. The van der Waals surface area contributed by atoms with Gasteiger partial charge in [0.1, 0.15) is 0 Å². The summed E-state index contributed by atoms with van der Waals surface area (Å²) < 4.78 is 4.54. The molecule has 0 fully saturated rings. The number of rotatable bonds is 4. The van der Waals surface area contributed by atoms with Crippen LogP contribution in [0.1, 0.15) is 12.8 Å². The van der Waals surface area contributed by atoms with Crippen LogP contribution in [0.3, 0.4) is 0 Å². The lowest BCUT2D eigenvalue weighted by atomic mass is 10.3. The molecule has 0 unspecified atom stereocenters. The predicted molar refractivity (Wildman–Crippen MR) is 49.4 cm³/mol. The fourth-order valence-electron chi connectivity index (χ4n) is 0.865. The minimum Gasteiger partial charge on any atom is -0.469 e. The summed E-state index contributed by atoms with van der Waals surface area (Å²) in [5.74, 6) is -0.0803. The van der Waals surface area contributed by atoms with Gasteiger partial charge in [-0.1, -0.05) is 25.7 Å². The second-order valence-electron chi connectivity index (χ2n) is 3.99. The maximum atomic E-state index is 10.7. The summed E-state index contributed by atoms with van der Waals surface area (Å²) in [5.41, 5.74) is 0. The number of esters is 1. The third-order valence-electron chi connectivity index (χ3n) is 1.54. The Bertz CT molecular complexity index is 127. The van der Waals surface area contributed by atoms with Crippen LogP contribution in [-0.4, -0.2) is 21.2 Å². The maximum absolute atomic E-state index is 10.7. The van der Waals surface area contributed by atoms with Gasteiger partial charge in [-0.15, -0.1) is 0 Å². The maximum Gasteiger partial charge on any atom is 0.305 e. The monoisotopic (exact) mass is 174 g/mol. The largest absolute Gasteiger partial charge is 0.469 e. The van der Waals surface area contributed by atoms with Crippen molar-refractivity contribution in [1.29, 1.82) is 0 Å². The molecule has 0 amide bonds. The van der Waals surface area contributed by atoms with Gasteiger partial charge in [0.2, 0.25) is 0 Å². The van der Waals surface area contributed by atoms with Crippen molar-refractivity contribution in [2.24, 2.45) is 0 Å². The highest BCUT2D eigenvalue weighted by Gasteiger charge is 2.12. The molecule has 0 rings (SSSR count). The third-order valence-corrected chi connectivity index (χ3v) is 3.39. The first-order chi connectivity index (χ1) is 4.95. The fraction of sp³-hybridized carbons (Fsp3) is 0.875. The lowest BCUT2D eigenvalue weighted by Crippen LogP contribution is -2.19. The van der Waals surface area contributed by atoms with Gasteiger partial charge >= 0.3 is 5.97 Å². The molecule has 66 valence electrons. The van der Waals surface area contributed by atoms with Crippen LogP contribution in [0.15, 0.2) is 0 Å². The summed E-state index contributed by atoms with van der Waals surface area (Å²) in [5, 5.41) is 0. The van der Waals surface area contributed by atoms with Crippen LogP contribution >= 0.6 is 0 Å². The molecule has 2 nitrogen and oxygen atoms in total. The van der Waals surface area contributed by atoms with Crippen molar-refractivity contribution >= 4 is 14.0 Å². The number of hydrogen-bond acceptors (Lipinski definition) is 2. The summed E-state index contributed by atoms with van der Waals surface area (Å²) >= 11 is 0. The van der Waals surface area contributed by atoms with Crippen molar-refractivity contribution in [3.63, 3.8) is 0 Å². The summed E-state index contributed by atoms with van der Waals surface area (Å²) in [4.78, 5) is 10.7. The molecule has 0 aliphatic heterocycles. The van der Waals surface area contributed by atoms with E-state index in [4.69, 9.17) is 0 Å². The zero-order chi connectivity index (χ0) is 8.91. The molecule has 0 aromatic carbocycles. The topological polar surface area (TPSA) is 26.3 Å². The Kier molecular flexibility index (Phi) is 4.41. The van der Waals surface area contributed by atoms with Crippen LogP contribution in [0.4, 0.5) is 0 Å². The highest BCUT2D eigenvalue weighted by atomic mass is 28.3. The van der Waals surface area contributed by atoms with Crippen molar-refractivity contribution in [2.45, 2.75) is 38.5 Å². The molecule has 3 heteroatoms. The van der Waals surface area contributed by atoms with Gasteiger partial charge in [0.25, 0.3) is 0 Å². The van der Waals surface area contributed by atoms with E-state index in [1.807, 2.05) is 0 Å². The van der Waals surface area contributed by atoms with Crippen LogP contribution in [0.25, 0.3) is 0 Å². The van der Waals surface area contributed by atoms with Crippen molar-refractivity contribution in [3.8, 4) is 0 Å². The molecule has 0 aromatic heterocycles. The van der Waals surface area contributed by atoms with Gasteiger partial charge in [-0.2, -0.15) is 0 Å². The highest BCUT2D eigenvalue weighted by molar-refractivity contribution is 6.76. The Morgan fingerprint density at radius 2 is 1.91 bits per heavy atom. The van der Waals surface area contributed by atoms with Gasteiger partial charge in [0, 0.05) is 14.5 Å². The number of methoxy groups -OCH3 is 1. The molecule has 0 aliphatic rings. The van der Waals surface area contributed by atoms with E-state index in [2.05, 4.69) is 24.4 Å². The van der Waals surface area contributed by atoms with Crippen molar-refractivity contribution in [3.05, 3.63) is 0 Å². The molecular formula is C8H18O2Si. The molecule has 0 heterocycles. The Morgan fingerprint density at radius 1 is 1.36 bits per heavy atom. The quantitative estimate of drug-likeness (QED) is 0.483. The molecule has 0 radical (unpaired) electrons. The summed E-state index contributed by atoms with van der Waals surface area (Å²) in [6.07, 6.45) is 1.57. The predicted octanol–water partition coefficient (Wildman–Crippen LogP) is 2.28. The van der Waals surface area contributed by atoms with Crippen LogP contribution in [0, 0.1) is 0 Å². The first-order valence-electron chi connectivity index (χ1n) is 4.02.